The highest BCUT2D eigenvalue weighted by atomic mass is 16.4. The minimum Gasteiger partial charge on any atom is -0.480 e. The first-order chi connectivity index (χ1) is 15.7. The minimum absolute atomic E-state index is 0.147. The molecule has 7 nitrogen and oxygen atoms in total. The van der Waals surface area contributed by atoms with Crippen LogP contribution in [-0.4, -0.2) is 47.4 Å². The Morgan fingerprint density at radius 2 is 1.73 bits per heavy atom. The minimum atomic E-state index is -1.51. The SMILES string of the molecule is CCC(C)C1(C(=O)O)NC(c2ccc(N(C)C)cc2)C2C(=O)N(Cc3ccccc3)C(=O)C21. The predicted molar refractivity (Wildman–Crippen MR) is 125 cm³/mol. The van der Waals surface area contributed by atoms with Crippen LogP contribution in [0.3, 0.4) is 0 Å². The smallest absolute Gasteiger partial charge is 0.325 e. The molecule has 2 saturated heterocycles. The second-order valence-corrected chi connectivity index (χ2v) is 9.34. The van der Waals surface area contributed by atoms with Crippen LogP contribution < -0.4 is 10.2 Å². The molecule has 2 amide bonds. The van der Waals surface area contributed by atoms with Crippen molar-refractivity contribution < 1.29 is 19.5 Å². The van der Waals surface area contributed by atoms with Gasteiger partial charge in [-0.2, -0.15) is 0 Å². The van der Waals surface area contributed by atoms with Gasteiger partial charge in [0.05, 0.1) is 18.4 Å². The lowest BCUT2D eigenvalue weighted by Gasteiger charge is -2.36. The highest BCUT2D eigenvalue weighted by Gasteiger charge is 2.69. The van der Waals surface area contributed by atoms with E-state index >= 15 is 0 Å². The van der Waals surface area contributed by atoms with Crippen molar-refractivity contribution in [2.24, 2.45) is 17.8 Å². The van der Waals surface area contributed by atoms with E-state index in [-0.39, 0.29) is 18.4 Å². The van der Waals surface area contributed by atoms with Crippen molar-refractivity contribution in [2.45, 2.75) is 38.4 Å². The number of carbonyl (C=O) groups is 3. The summed E-state index contributed by atoms with van der Waals surface area (Å²) in [7, 11) is 3.88. The molecule has 4 rings (SSSR count). The average Bonchev–Trinajstić information content (AvgIpc) is 3.30. The summed E-state index contributed by atoms with van der Waals surface area (Å²) >= 11 is 0. The summed E-state index contributed by atoms with van der Waals surface area (Å²) in [5.41, 5.74) is 1.13. The molecule has 0 spiro atoms. The number of likely N-dealkylation sites (tertiary alicyclic amines) is 1. The number of anilines is 1. The summed E-state index contributed by atoms with van der Waals surface area (Å²) in [6.07, 6.45) is 0.564. The molecule has 2 aromatic rings. The van der Waals surface area contributed by atoms with Crippen LogP contribution in [0, 0.1) is 17.8 Å². The number of aliphatic carboxylic acids is 1. The fraction of sp³-hybridized carbons (Fsp3) is 0.423. The number of rotatable bonds is 7. The molecular formula is C26H31N3O4. The second-order valence-electron chi connectivity index (χ2n) is 9.34. The lowest BCUT2D eigenvalue weighted by molar-refractivity contribution is -0.154. The van der Waals surface area contributed by atoms with Gasteiger partial charge in [-0.3, -0.25) is 24.6 Å². The van der Waals surface area contributed by atoms with Crippen molar-refractivity contribution in [1.29, 1.82) is 0 Å². The standard InChI is InChI=1S/C26H31N3O4/c1-5-16(2)26(25(32)33)21-20(22(27-26)18-11-13-19(14-12-18)28(3)4)23(30)29(24(21)31)15-17-9-7-6-8-10-17/h6-14,16,20-22,27H,5,15H2,1-4H3,(H,32,33). The predicted octanol–water partition coefficient (Wildman–Crippen LogP) is 3.07. The number of carboxylic acid groups (broad SMARTS) is 1. The van der Waals surface area contributed by atoms with E-state index in [1.165, 1.54) is 4.90 Å². The Hall–Kier alpha value is -3.19. The number of carboxylic acids is 1. The van der Waals surface area contributed by atoms with E-state index < -0.39 is 35.3 Å². The van der Waals surface area contributed by atoms with Gasteiger partial charge in [-0.25, -0.2) is 0 Å². The molecule has 7 heteroatoms. The normalized spacial score (nSPS) is 27.5. The van der Waals surface area contributed by atoms with Gasteiger partial charge in [0, 0.05) is 25.8 Å². The number of amides is 2. The number of nitrogens with zero attached hydrogens (tertiary/aromatic N) is 2. The third kappa shape index (κ3) is 3.60. The van der Waals surface area contributed by atoms with Crippen molar-refractivity contribution in [2.75, 3.05) is 19.0 Å². The van der Waals surface area contributed by atoms with E-state index in [1.807, 2.05) is 87.4 Å². The number of hydrogen-bond acceptors (Lipinski definition) is 5. The topological polar surface area (TPSA) is 89.9 Å². The van der Waals surface area contributed by atoms with E-state index in [1.54, 1.807) is 0 Å². The zero-order valence-corrected chi connectivity index (χ0v) is 19.5. The van der Waals surface area contributed by atoms with E-state index in [2.05, 4.69) is 5.32 Å². The highest BCUT2D eigenvalue weighted by Crippen LogP contribution is 2.52. The molecule has 2 aliphatic rings. The third-order valence-electron chi connectivity index (χ3n) is 7.38. The van der Waals surface area contributed by atoms with Crippen molar-refractivity contribution in [3.05, 3.63) is 65.7 Å². The summed E-state index contributed by atoms with van der Waals surface area (Å²) in [5, 5.41) is 13.7. The molecule has 2 N–H and O–H groups in total. The maximum Gasteiger partial charge on any atom is 0.325 e. The van der Waals surface area contributed by atoms with Crippen LogP contribution >= 0.6 is 0 Å². The van der Waals surface area contributed by atoms with Gasteiger partial charge < -0.3 is 10.0 Å². The Bertz CT molecular complexity index is 1050. The summed E-state index contributed by atoms with van der Waals surface area (Å²) in [6.45, 7) is 3.90. The van der Waals surface area contributed by atoms with Crippen LogP contribution in [-0.2, 0) is 20.9 Å². The summed E-state index contributed by atoms with van der Waals surface area (Å²) in [4.78, 5) is 43.3. The van der Waals surface area contributed by atoms with Crippen LogP contribution in [0.15, 0.2) is 54.6 Å². The molecular weight excluding hydrogens is 418 g/mol. The van der Waals surface area contributed by atoms with Gasteiger partial charge in [-0.15, -0.1) is 0 Å². The Labute approximate surface area is 194 Å². The van der Waals surface area contributed by atoms with Gasteiger partial charge in [-0.1, -0.05) is 62.7 Å². The highest BCUT2D eigenvalue weighted by molar-refractivity contribution is 6.09. The molecule has 0 bridgehead atoms. The number of hydrogen-bond donors (Lipinski definition) is 2. The Morgan fingerprint density at radius 3 is 2.27 bits per heavy atom. The van der Waals surface area contributed by atoms with Gasteiger partial charge in [-0.05, 0) is 29.2 Å². The number of benzene rings is 2. The largest absolute Gasteiger partial charge is 0.480 e. The molecule has 174 valence electrons. The van der Waals surface area contributed by atoms with Gasteiger partial charge in [0.2, 0.25) is 11.8 Å². The Morgan fingerprint density at radius 1 is 1.09 bits per heavy atom. The van der Waals surface area contributed by atoms with Gasteiger partial charge >= 0.3 is 5.97 Å². The summed E-state index contributed by atoms with van der Waals surface area (Å²) in [5.74, 6) is -3.87. The molecule has 2 aromatic carbocycles. The fourth-order valence-corrected chi connectivity index (χ4v) is 5.37. The van der Waals surface area contributed by atoms with E-state index in [9.17, 15) is 19.5 Å². The second kappa shape index (κ2) is 8.63. The molecule has 0 saturated carbocycles. The number of carbonyl (C=O) groups excluding carboxylic acids is 2. The fourth-order valence-electron chi connectivity index (χ4n) is 5.37. The lowest BCUT2D eigenvalue weighted by atomic mass is 9.72. The number of nitrogens with one attached hydrogen (secondary N) is 1. The van der Waals surface area contributed by atoms with Crippen LogP contribution in [0.5, 0.6) is 0 Å². The quantitative estimate of drug-likeness (QED) is 0.632. The summed E-state index contributed by atoms with van der Waals surface area (Å²) in [6, 6.07) is 16.5. The average molecular weight is 450 g/mol. The van der Waals surface area contributed by atoms with Gasteiger partial charge in [0.15, 0.2) is 0 Å². The molecule has 33 heavy (non-hydrogen) atoms. The van der Waals surface area contributed by atoms with Gasteiger partial charge in [0.25, 0.3) is 0 Å². The zero-order valence-electron chi connectivity index (χ0n) is 19.5. The van der Waals surface area contributed by atoms with Crippen LogP contribution in [0.25, 0.3) is 0 Å². The molecule has 0 aliphatic carbocycles. The first kappa shape index (κ1) is 23.0. The van der Waals surface area contributed by atoms with Crippen molar-refractivity contribution >= 4 is 23.5 Å². The molecule has 5 unspecified atom stereocenters. The number of fused-ring (bicyclic) bond motifs is 1. The maximum atomic E-state index is 13.7. The van der Waals surface area contributed by atoms with Crippen molar-refractivity contribution in [3.63, 3.8) is 0 Å². The maximum absolute atomic E-state index is 13.7. The van der Waals surface area contributed by atoms with Crippen molar-refractivity contribution in [3.8, 4) is 0 Å². The first-order valence-electron chi connectivity index (χ1n) is 11.4. The first-order valence-corrected chi connectivity index (χ1v) is 11.4. The van der Waals surface area contributed by atoms with Crippen molar-refractivity contribution in [1.82, 2.24) is 10.2 Å². The monoisotopic (exact) mass is 449 g/mol. The van der Waals surface area contributed by atoms with E-state index in [0.29, 0.717) is 6.42 Å². The van der Waals surface area contributed by atoms with Crippen LogP contribution in [0.1, 0.15) is 37.4 Å². The van der Waals surface area contributed by atoms with E-state index in [4.69, 9.17) is 0 Å². The van der Waals surface area contributed by atoms with Gasteiger partial charge in [0.1, 0.15) is 5.54 Å². The molecule has 0 radical (unpaired) electrons. The lowest BCUT2D eigenvalue weighted by Crippen LogP contribution is -2.59. The molecule has 2 fully saturated rings. The summed E-state index contributed by atoms with van der Waals surface area (Å²) < 4.78 is 0. The van der Waals surface area contributed by atoms with E-state index in [0.717, 1.165) is 16.8 Å². The Kier molecular flexibility index (Phi) is 6.01. The van der Waals surface area contributed by atoms with Crippen LogP contribution in [0.4, 0.5) is 5.69 Å². The third-order valence-corrected chi connectivity index (χ3v) is 7.38. The molecule has 2 aliphatic heterocycles. The molecule has 0 aromatic heterocycles. The van der Waals surface area contributed by atoms with Crippen LogP contribution in [0.2, 0.25) is 0 Å². The number of imide groups is 1. The molecule has 2 heterocycles. The zero-order chi connectivity index (χ0) is 23.9. The Balaban J connectivity index is 1.79. The molecule has 5 atom stereocenters.